The summed E-state index contributed by atoms with van der Waals surface area (Å²) in [6.45, 7) is 0. The zero-order chi connectivity index (χ0) is 24.7. The predicted molar refractivity (Wildman–Crippen MR) is 140 cm³/mol. The first-order valence-corrected chi connectivity index (χ1v) is 11.5. The summed E-state index contributed by atoms with van der Waals surface area (Å²) >= 11 is 0. The number of esters is 2. The molecule has 0 N–H and O–H groups in total. The van der Waals surface area contributed by atoms with Crippen molar-refractivity contribution in [3.05, 3.63) is 145 Å². The van der Waals surface area contributed by atoms with Crippen molar-refractivity contribution in [2.75, 3.05) is 0 Å². The maximum Gasteiger partial charge on any atom is 0.345 e. The van der Waals surface area contributed by atoms with Crippen molar-refractivity contribution in [1.82, 2.24) is 0 Å². The maximum atomic E-state index is 13.6. The van der Waals surface area contributed by atoms with E-state index >= 15 is 0 Å². The predicted octanol–water partition coefficient (Wildman–Crippen LogP) is 7.46. The topological polar surface area (TPSA) is 52.6 Å². The van der Waals surface area contributed by atoms with Crippen LogP contribution in [0.25, 0.3) is 22.3 Å². The normalized spacial score (nSPS) is 10.4. The smallest absolute Gasteiger partial charge is 0.345 e. The van der Waals surface area contributed by atoms with Gasteiger partial charge in [-0.25, -0.2) is 9.59 Å². The summed E-state index contributed by atoms with van der Waals surface area (Å²) in [5.41, 5.74) is 3.58. The highest BCUT2D eigenvalue weighted by atomic mass is 16.5. The Kier molecular flexibility index (Phi) is 6.68. The van der Waals surface area contributed by atoms with Crippen molar-refractivity contribution in [3.8, 4) is 33.8 Å². The fourth-order valence-electron chi connectivity index (χ4n) is 4.05. The number of hydrogen-bond donors (Lipinski definition) is 0. The number of carbonyl (C=O) groups is 2. The molecule has 0 bridgehead atoms. The second kappa shape index (κ2) is 10.5. The summed E-state index contributed by atoms with van der Waals surface area (Å²) in [7, 11) is 0. The highest BCUT2D eigenvalue weighted by Crippen LogP contribution is 2.36. The summed E-state index contributed by atoms with van der Waals surface area (Å²) in [4.78, 5) is 26.9. The fraction of sp³-hybridized carbons (Fsp3) is 0. The number of rotatable bonds is 6. The minimum atomic E-state index is -0.639. The van der Waals surface area contributed by atoms with E-state index in [1.165, 1.54) is 0 Å². The zero-order valence-electron chi connectivity index (χ0n) is 19.3. The molecule has 0 aliphatic carbocycles. The van der Waals surface area contributed by atoms with Crippen molar-refractivity contribution in [2.24, 2.45) is 0 Å². The third kappa shape index (κ3) is 4.93. The molecule has 5 rings (SSSR count). The minimum absolute atomic E-state index is 0.125. The Bertz CT molecular complexity index is 1490. The molecule has 36 heavy (non-hydrogen) atoms. The molecule has 0 aromatic heterocycles. The molecule has 0 saturated heterocycles. The fourth-order valence-corrected chi connectivity index (χ4v) is 4.05. The third-order valence-corrected chi connectivity index (χ3v) is 5.70. The number of para-hydroxylation sites is 2. The van der Waals surface area contributed by atoms with E-state index in [0.717, 1.165) is 16.7 Å². The lowest BCUT2D eigenvalue weighted by Crippen LogP contribution is -2.19. The van der Waals surface area contributed by atoms with E-state index in [-0.39, 0.29) is 11.1 Å². The molecule has 5 aromatic carbocycles. The minimum Gasteiger partial charge on any atom is -0.423 e. The summed E-state index contributed by atoms with van der Waals surface area (Å²) in [5, 5.41) is 0. The van der Waals surface area contributed by atoms with Crippen molar-refractivity contribution in [2.45, 2.75) is 0 Å². The van der Waals surface area contributed by atoms with Crippen LogP contribution in [-0.4, -0.2) is 11.9 Å². The van der Waals surface area contributed by atoms with Gasteiger partial charge in [0.05, 0.1) is 11.1 Å². The standard InChI is InChI=1S/C32H22O4/c33-31(35-24-15-6-2-7-16-24)29-22-12-21-28(30(29)32(34)36-25-17-8-3-9-18-25)27-20-11-10-19-26(27)23-13-4-1-5-14-23/h1-22H. The lowest BCUT2D eigenvalue weighted by Gasteiger charge is -2.16. The van der Waals surface area contributed by atoms with Gasteiger partial charge in [-0.3, -0.25) is 0 Å². The maximum absolute atomic E-state index is 13.6. The summed E-state index contributed by atoms with van der Waals surface area (Å²) in [6, 6.07) is 40.4. The second-order valence-electron chi connectivity index (χ2n) is 8.04. The molecule has 0 radical (unpaired) electrons. The van der Waals surface area contributed by atoms with E-state index in [1.54, 1.807) is 60.7 Å². The summed E-state index contributed by atoms with van der Waals surface area (Å²) in [6.07, 6.45) is 0. The van der Waals surface area contributed by atoms with E-state index in [4.69, 9.17) is 9.47 Å². The van der Waals surface area contributed by atoms with Crippen LogP contribution in [0.3, 0.4) is 0 Å². The van der Waals surface area contributed by atoms with E-state index in [9.17, 15) is 9.59 Å². The van der Waals surface area contributed by atoms with Crippen LogP contribution >= 0.6 is 0 Å². The first kappa shape index (κ1) is 22.8. The summed E-state index contributed by atoms with van der Waals surface area (Å²) in [5.74, 6) is -0.504. The van der Waals surface area contributed by atoms with Crippen molar-refractivity contribution in [1.29, 1.82) is 0 Å². The number of hydrogen-bond acceptors (Lipinski definition) is 4. The lowest BCUT2D eigenvalue weighted by molar-refractivity contribution is 0.0692. The molecule has 4 nitrogen and oxygen atoms in total. The van der Waals surface area contributed by atoms with Gasteiger partial charge in [-0.1, -0.05) is 103 Å². The van der Waals surface area contributed by atoms with E-state index in [2.05, 4.69) is 0 Å². The molecule has 0 unspecified atom stereocenters. The average Bonchev–Trinajstić information content (AvgIpc) is 2.94. The van der Waals surface area contributed by atoms with Gasteiger partial charge < -0.3 is 9.47 Å². The van der Waals surface area contributed by atoms with Crippen molar-refractivity contribution in [3.63, 3.8) is 0 Å². The van der Waals surface area contributed by atoms with Crippen LogP contribution in [0.5, 0.6) is 11.5 Å². The largest absolute Gasteiger partial charge is 0.423 e. The van der Waals surface area contributed by atoms with Crippen LogP contribution in [0.2, 0.25) is 0 Å². The Balaban J connectivity index is 1.65. The molecule has 0 heterocycles. The molecule has 0 saturated carbocycles. The molecule has 0 amide bonds. The van der Waals surface area contributed by atoms with Gasteiger partial charge in [-0.2, -0.15) is 0 Å². The Labute approximate surface area is 209 Å². The van der Waals surface area contributed by atoms with Crippen molar-refractivity contribution < 1.29 is 19.1 Å². The quantitative estimate of drug-likeness (QED) is 0.191. The van der Waals surface area contributed by atoms with Gasteiger partial charge in [0, 0.05) is 0 Å². The molecule has 4 heteroatoms. The average molecular weight is 471 g/mol. The second-order valence-corrected chi connectivity index (χ2v) is 8.04. The third-order valence-electron chi connectivity index (χ3n) is 5.70. The van der Waals surface area contributed by atoms with E-state index in [0.29, 0.717) is 17.1 Å². The molecule has 0 atom stereocenters. The number of ether oxygens (including phenoxy) is 2. The van der Waals surface area contributed by atoms with Gasteiger partial charge in [0.2, 0.25) is 0 Å². The van der Waals surface area contributed by atoms with Gasteiger partial charge in [-0.15, -0.1) is 0 Å². The molecule has 0 aliphatic rings. The molecular weight excluding hydrogens is 448 g/mol. The van der Waals surface area contributed by atoms with Gasteiger partial charge in [-0.05, 0) is 52.6 Å². The highest BCUT2D eigenvalue weighted by molar-refractivity contribution is 6.10. The Morgan fingerprint density at radius 1 is 0.417 bits per heavy atom. The van der Waals surface area contributed by atoms with Crippen LogP contribution in [0, 0.1) is 0 Å². The van der Waals surface area contributed by atoms with Crippen LogP contribution in [0.15, 0.2) is 133 Å². The first-order valence-electron chi connectivity index (χ1n) is 11.5. The van der Waals surface area contributed by atoms with E-state index < -0.39 is 11.9 Å². The van der Waals surface area contributed by atoms with Gasteiger partial charge in [0.15, 0.2) is 0 Å². The Morgan fingerprint density at radius 3 is 1.50 bits per heavy atom. The lowest BCUT2D eigenvalue weighted by atomic mass is 9.89. The van der Waals surface area contributed by atoms with Crippen LogP contribution in [-0.2, 0) is 0 Å². The molecule has 174 valence electrons. The highest BCUT2D eigenvalue weighted by Gasteiger charge is 2.26. The monoisotopic (exact) mass is 470 g/mol. The Hall–Kier alpha value is -4.96. The van der Waals surface area contributed by atoms with Gasteiger partial charge in [0.1, 0.15) is 11.5 Å². The van der Waals surface area contributed by atoms with Gasteiger partial charge in [0.25, 0.3) is 0 Å². The van der Waals surface area contributed by atoms with E-state index in [1.807, 2.05) is 72.8 Å². The van der Waals surface area contributed by atoms with Crippen molar-refractivity contribution >= 4 is 11.9 Å². The number of benzene rings is 5. The van der Waals surface area contributed by atoms with Crippen LogP contribution in [0.1, 0.15) is 20.7 Å². The molecular formula is C32H22O4. The Morgan fingerprint density at radius 2 is 0.889 bits per heavy atom. The molecule has 0 aliphatic heterocycles. The molecule has 0 fully saturated rings. The van der Waals surface area contributed by atoms with Crippen LogP contribution in [0.4, 0.5) is 0 Å². The SMILES string of the molecule is O=C(Oc1ccccc1)c1cccc(-c2ccccc2-c2ccccc2)c1C(=O)Oc1ccccc1. The summed E-state index contributed by atoms with van der Waals surface area (Å²) < 4.78 is 11.3. The van der Waals surface area contributed by atoms with Gasteiger partial charge >= 0.3 is 11.9 Å². The number of carbonyl (C=O) groups excluding carboxylic acids is 2. The molecule has 5 aromatic rings. The molecule has 0 spiro atoms. The zero-order valence-corrected chi connectivity index (χ0v) is 19.3. The van der Waals surface area contributed by atoms with Crippen LogP contribution < -0.4 is 9.47 Å². The first-order chi connectivity index (χ1) is 17.7.